The highest BCUT2D eigenvalue weighted by Gasteiger charge is 2.25. The van der Waals surface area contributed by atoms with Crippen LogP contribution >= 0.6 is 11.3 Å². The maximum atomic E-state index is 12.6. The Hall–Kier alpha value is -1.95. The van der Waals surface area contributed by atoms with Crippen LogP contribution in [0, 0.1) is 12.8 Å². The number of likely N-dealkylation sites (tertiary alicyclic amines) is 1. The molecule has 2 aromatic rings. The zero-order valence-electron chi connectivity index (χ0n) is 14.5. The van der Waals surface area contributed by atoms with Gasteiger partial charge >= 0.3 is 0 Å². The average molecular weight is 344 g/mol. The quantitative estimate of drug-likeness (QED) is 0.855. The third-order valence-corrected chi connectivity index (χ3v) is 5.45. The van der Waals surface area contributed by atoms with E-state index in [1.807, 2.05) is 54.4 Å². The van der Waals surface area contributed by atoms with E-state index in [0.717, 1.165) is 54.3 Å². The summed E-state index contributed by atoms with van der Waals surface area (Å²) in [5.41, 5.74) is 2.17. The Morgan fingerprint density at radius 1 is 1.38 bits per heavy atom. The normalized spacial score (nSPS) is 17.8. The van der Waals surface area contributed by atoms with Crippen molar-refractivity contribution < 1.29 is 4.79 Å². The van der Waals surface area contributed by atoms with E-state index in [9.17, 15) is 4.79 Å². The van der Waals surface area contributed by atoms with E-state index in [1.165, 1.54) is 0 Å². The fraction of sp³-hybridized carbons (Fsp3) is 0.500. The second-order valence-electron chi connectivity index (χ2n) is 6.73. The Bertz CT molecular complexity index is 695. The van der Waals surface area contributed by atoms with Crippen LogP contribution in [0.4, 0.5) is 5.82 Å². The van der Waals surface area contributed by atoms with Crippen molar-refractivity contribution in [3.8, 4) is 0 Å². The molecule has 1 fully saturated rings. The van der Waals surface area contributed by atoms with Crippen LogP contribution in [-0.2, 0) is 6.42 Å². The fourth-order valence-electron chi connectivity index (χ4n) is 3.11. The minimum atomic E-state index is 0.173. The molecule has 3 heterocycles. The first-order chi connectivity index (χ1) is 11.5. The molecule has 0 bridgehead atoms. The molecule has 1 aliphatic rings. The Balaban J connectivity index is 1.62. The number of rotatable bonds is 4. The minimum absolute atomic E-state index is 0.173. The summed E-state index contributed by atoms with van der Waals surface area (Å²) in [5, 5.41) is 10.6. The molecule has 3 rings (SSSR count). The van der Waals surface area contributed by atoms with Crippen molar-refractivity contribution in [2.75, 3.05) is 32.1 Å². The molecule has 6 heteroatoms. The first kappa shape index (κ1) is 16.9. The van der Waals surface area contributed by atoms with Gasteiger partial charge in [0.2, 0.25) is 0 Å². The highest BCUT2D eigenvalue weighted by Crippen LogP contribution is 2.24. The Morgan fingerprint density at radius 2 is 2.21 bits per heavy atom. The van der Waals surface area contributed by atoms with Crippen LogP contribution in [-0.4, -0.2) is 48.2 Å². The minimum Gasteiger partial charge on any atom is -0.361 e. The third-order valence-electron chi connectivity index (χ3n) is 4.41. The van der Waals surface area contributed by atoms with Gasteiger partial charge in [-0.15, -0.1) is 16.4 Å². The van der Waals surface area contributed by atoms with Gasteiger partial charge in [0.25, 0.3) is 5.91 Å². The van der Waals surface area contributed by atoms with Crippen molar-refractivity contribution in [3.05, 3.63) is 39.7 Å². The number of hydrogen-bond donors (Lipinski definition) is 0. The van der Waals surface area contributed by atoms with Crippen molar-refractivity contribution in [1.29, 1.82) is 0 Å². The molecule has 0 unspecified atom stereocenters. The van der Waals surface area contributed by atoms with Crippen LogP contribution in [0.1, 0.15) is 33.8 Å². The number of anilines is 1. The highest BCUT2D eigenvalue weighted by molar-refractivity contribution is 7.12. The second-order valence-corrected chi connectivity index (χ2v) is 7.64. The van der Waals surface area contributed by atoms with E-state index >= 15 is 0 Å². The molecule has 0 saturated carbocycles. The summed E-state index contributed by atoms with van der Waals surface area (Å²) in [7, 11) is 3.92. The molecule has 24 heavy (non-hydrogen) atoms. The summed E-state index contributed by atoms with van der Waals surface area (Å²) < 4.78 is 0. The van der Waals surface area contributed by atoms with Gasteiger partial charge in [-0.25, -0.2) is 0 Å². The third kappa shape index (κ3) is 3.93. The lowest BCUT2D eigenvalue weighted by Crippen LogP contribution is -2.40. The molecule has 1 amide bonds. The zero-order valence-corrected chi connectivity index (χ0v) is 15.3. The summed E-state index contributed by atoms with van der Waals surface area (Å²) in [6.45, 7) is 3.70. The number of nitrogens with zero attached hydrogens (tertiary/aromatic N) is 4. The summed E-state index contributed by atoms with van der Waals surface area (Å²) in [6, 6.07) is 6.04. The largest absolute Gasteiger partial charge is 0.361 e. The van der Waals surface area contributed by atoms with E-state index in [-0.39, 0.29) is 5.91 Å². The Morgan fingerprint density at radius 3 is 2.83 bits per heavy atom. The van der Waals surface area contributed by atoms with Gasteiger partial charge in [0.1, 0.15) is 0 Å². The summed E-state index contributed by atoms with van der Waals surface area (Å²) in [6.07, 6.45) is 3.09. The number of hydrogen-bond acceptors (Lipinski definition) is 5. The highest BCUT2D eigenvalue weighted by atomic mass is 32.1. The number of thiophene rings is 1. The van der Waals surface area contributed by atoms with Crippen LogP contribution in [0.3, 0.4) is 0 Å². The molecule has 0 aliphatic carbocycles. The molecule has 5 nitrogen and oxygen atoms in total. The fourth-order valence-corrected chi connectivity index (χ4v) is 3.98. The van der Waals surface area contributed by atoms with Gasteiger partial charge in [0.15, 0.2) is 5.82 Å². The Labute approximate surface area is 147 Å². The van der Waals surface area contributed by atoms with Crippen molar-refractivity contribution >= 4 is 23.1 Å². The molecule has 1 aliphatic heterocycles. The van der Waals surface area contributed by atoms with Gasteiger partial charge < -0.3 is 9.80 Å². The summed E-state index contributed by atoms with van der Waals surface area (Å²) in [4.78, 5) is 17.4. The molecule has 0 aromatic carbocycles. The lowest BCUT2D eigenvalue weighted by Gasteiger charge is -2.32. The van der Waals surface area contributed by atoms with Gasteiger partial charge in [-0.1, -0.05) is 0 Å². The Kier molecular flexibility index (Phi) is 5.14. The van der Waals surface area contributed by atoms with Crippen LogP contribution in [0.5, 0.6) is 0 Å². The number of carbonyl (C=O) groups is 1. The number of carbonyl (C=O) groups excluding carboxylic acids is 1. The first-order valence-electron chi connectivity index (χ1n) is 8.37. The zero-order chi connectivity index (χ0) is 17.1. The lowest BCUT2D eigenvalue weighted by molar-refractivity contribution is 0.0677. The number of piperidine rings is 1. The van der Waals surface area contributed by atoms with Gasteiger partial charge in [-0.05, 0) is 61.2 Å². The molecule has 128 valence electrons. The van der Waals surface area contributed by atoms with Crippen LogP contribution in [0.2, 0.25) is 0 Å². The van der Waals surface area contributed by atoms with Gasteiger partial charge in [-0.2, -0.15) is 5.10 Å². The second kappa shape index (κ2) is 7.30. The smallest absolute Gasteiger partial charge is 0.263 e. The summed E-state index contributed by atoms with van der Waals surface area (Å²) in [5.74, 6) is 1.50. The molecule has 0 spiro atoms. The van der Waals surface area contributed by atoms with Crippen molar-refractivity contribution in [1.82, 2.24) is 15.1 Å². The molecule has 0 radical (unpaired) electrons. The molecule has 1 saturated heterocycles. The molecular weight excluding hydrogens is 320 g/mol. The molecular formula is C18H24N4OS. The van der Waals surface area contributed by atoms with Crippen LogP contribution in [0.15, 0.2) is 23.6 Å². The van der Waals surface area contributed by atoms with E-state index in [1.54, 1.807) is 11.3 Å². The van der Waals surface area contributed by atoms with E-state index in [2.05, 4.69) is 10.2 Å². The molecule has 2 aromatic heterocycles. The van der Waals surface area contributed by atoms with Crippen molar-refractivity contribution in [2.45, 2.75) is 26.2 Å². The average Bonchev–Trinajstić information content (AvgIpc) is 3.01. The standard InChI is InChI=1S/C18H24N4OS/c1-13-9-16(24-12-13)18(23)22-8-4-5-14(11-22)10-15-6-7-17(20-19-15)21(2)3/h6-7,9,12,14H,4-5,8,10-11H2,1-3H3/t14-/m1/s1. The predicted octanol–water partition coefficient (Wildman–Crippen LogP) is 3.01. The van der Waals surface area contributed by atoms with Gasteiger partial charge in [0, 0.05) is 27.2 Å². The van der Waals surface area contributed by atoms with E-state index in [0.29, 0.717) is 5.92 Å². The van der Waals surface area contributed by atoms with Crippen molar-refractivity contribution in [3.63, 3.8) is 0 Å². The maximum absolute atomic E-state index is 12.6. The maximum Gasteiger partial charge on any atom is 0.263 e. The molecule has 0 N–H and O–H groups in total. The van der Waals surface area contributed by atoms with Crippen LogP contribution < -0.4 is 4.90 Å². The lowest BCUT2D eigenvalue weighted by atomic mass is 9.93. The number of aromatic nitrogens is 2. The number of aryl methyl sites for hydroxylation is 1. The van der Waals surface area contributed by atoms with E-state index < -0.39 is 0 Å². The van der Waals surface area contributed by atoms with Crippen LogP contribution in [0.25, 0.3) is 0 Å². The monoisotopic (exact) mass is 344 g/mol. The topological polar surface area (TPSA) is 49.3 Å². The SMILES string of the molecule is Cc1csc(C(=O)N2CCC[C@H](Cc3ccc(N(C)C)nn3)C2)c1. The van der Waals surface area contributed by atoms with E-state index in [4.69, 9.17) is 0 Å². The summed E-state index contributed by atoms with van der Waals surface area (Å²) >= 11 is 1.54. The van der Waals surface area contributed by atoms with Gasteiger partial charge in [-0.3, -0.25) is 4.79 Å². The first-order valence-corrected chi connectivity index (χ1v) is 9.25. The van der Waals surface area contributed by atoms with Crippen molar-refractivity contribution in [2.24, 2.45) is 5.92 Å². The number of amides is 1. The predicted molar refractivity (Wildman–Crippen MR) is 97.7 cm³/mol. The van der Waals surface area contributed by atoms with Gasteiger partial charge in [0.05, 0.1) is 10.6 Å². The molecule has 1 atom stereocenters.